The summed E-state index contributed by atoms with van der Waals surface area (Å²) in [7, 11) is 0. The van der Waals surface area contributed by atoms with E-state index in [0.29, 0.717) is 17.9 Å². The predicted molar refractivity (Wildman–Crippen MR) is 133 cm³/mol. The molecule has 0 saturated carbocycles. The molecule has 2 rings (SSSR count). The molecule has 30 heavy (non-hydrogen) atoms. The molecule has 166 valence electrons. The monoisotopic (exact) mass is 410 g/mol. The number of aliphatic imine (C=N–C) groups is 2. The number of nitrogens with zero attached hydrogens (tertiary/aromatic N) is 3. The molecule has 1 heterocycles. The third-order valence-corrected chi connectivity index (χ3v) is 5.21. The summed E-state index contributed by atoms with van der Waals surface area (Å²) in [4.78, 5) is 11.3. The Balaban J connectivity index is 0.000000414. The Morgan fingerprint density at radius 3 is 2.27 bits per heavy atom. The number of hydrogen-bond donors (Lipinski definition) is 1. The van der Waals surface area contributed by atoms with Gasteiger partial charge in [0.1, 0.15) is 11.5 Å². The molecule has 4 heteroatoms. The Bertz CT molecular complexity index is 803. The first-order valence-electron chi connectivity index (χ1n) is 11.0. The number of allylic oxidation sites excluding steroid dienone is 1. The van der Waals surface area contributed by atoms with Gasteiger partial charge in [-0.15, -0.1) is 0 Å². The molecule has 0 aromatic heterocycles. The van der Waals surface area contributed by atoms with E-state index in [2.05, 4.69) is 120 Å². The summed E-state index contributed by atoms with van der Waals surface area (Å²) >= 11 is 0. The van der Waals surface area contributed by atoms with Crippen LogP contribution in [0, 0.1) is 12.3 Å². The van der Waals surface area contributed by atoms with Crippen LogP contribution in [-0.2, 0) is 6.42 Å². The van der Waals surface area contributed by atoms with Crippen LogP contribution in [0.3, 0.4) is 0 Å². The van der Waals surface area contributed by atoms with Gasteiger partial charge in [-0.05, 0) is 64.5 Å². The highest BCUT2D eigenvalue weighted by atomic mass is 15.3. The van der Waals surface area contributed by atoms with E-state index in [4.69, 9.17) is 0 Å². The van der Waals surface area contributed by atoms with Crippen molar-refractivity contribution in [3.05, 3.63) is 59.1 Å². The Kier molecular flexibility index (Phi) is 9.54. The Morgan fingerprint density at radius 1 is 1.20 bits per heavy atom. The average molecular weight is 411 g/mol. The molecule has 0 saturated heterocycles. The lowest BCUT2D eigenvalue weighted by molar-refractivity contribution is 0.302. The van der Waals surface area contributed by atoms with Crippen molar-refractivity contribution < 1.29 is 0 Å². The second kappa shape index (κ2) is 11.1. The maximum absolute atomic E-state index is 4.69. The number of amidine groups is 1. The van der Waals surface area contributed by atoms with Crippen LogP contribution in [-0.4, -0.2) is 29.2 Å². The maximum Gasteiger partial charge on any atom is 0.162 e. The van der Waals surface area contributed by atoms with Crippen LogP contribution in [0.5, 0.6) is 0 Å². The van der Waals surface area contributed by atoms with Crippen LogP contribution >= 0.6 is 0 Å². The van der Waals surface area contributed by atoms with Gasteiger partial charge >= 0.3 is 0 Å². The summed E-state index contributed by atoms with van der Waals surface area (Å²) in [5, 5.41) is 3.38. The summed E-state index contributed by atoms with van der Waals surface area (Å²) in [5.41, 5.74) is 5.04. The van der Waals surface area contributed by atoms with Crippen molar-refractivity contribution in [2.24, 2.45) is 15.4 Å². The summed E-state index contributed by atoms with van der Waals surface area (Å²) in [6.07, 6.45) is 2.99. The molecule has 1 aromatic carbocycles. The zero-order valence-corrected chi connectivity index (χ0v) is 20.8. The van der Waals surface area contributed by atoms with Crippen LogP contribution in [0.4, 0.5) is 0 Å². The molecule has 0 spiro atoms. The van der Waals surface area contributed by atoms with E-state index in [1.165, 1.54) is 11.1 Å². The second-order valence-electron chi connectivity index (χ2n) is 9.55. The molecule has 1 atom stereocenters. The number of aryl methyl sites for hydroxylation is 2. The lowest BCUT2D eigenvalue weighted by Gasteiger charge is -2.29. The maximum atomic E-state index is 4.69. The van der Waals surface area contributed by atoms with Crippen molar-refractivity contribution in [1.29, 1.82) is 0 Å². The molecule has 0 amide bonds. The molecule has 1 aromatic rings. The zero-order valence-electron chi connectivity index (χ0n) is 20.8. The number of nitrogens with one attached hydrogen (secondary N) is 1. The van der Waals surface area contributed by atoms with Crippen molar-refractivity contribution in [3.63, 3.8) is 0 Å². The zero-order chi connectivity index (χ0) is 23.1. The minimum absolute atomic E-state index is 0.159. The van der Waals surface area contributed by atoms with Crippen molar-refractivity contribution in [3.8, 4) is 0 Å². The lowest BCUT2D eigenvalue weighted by Crippen LogP contribution is -2.38. The Labute approximate surface area is 184 Å². The van der Waals surface area contributed by atoms with Gasteiger partial charge in [0, 0.05) is 12.1 Å². The SMILES string of the molecule is C=C(/N=C1\C(=C(C)C)N=CN1C(C)C)NC(C)C(C)(C)C.CCc1cccc(C)c1. The van der Waals surface area contributed by atoms with E-state index in [-0.39, 0.29) is 5.41 Å². The van der Waals surface area contributed by atoms with Crippen LogP contribution < -0.4 is 5.32 Å². The van der Waals surface area contributed by atoms with Crippen LogP contribution in [0.15, 0.2) is 57.9 Å². The smallest absolute Gasteiger partial charge is 0.162 e. The van der Waals surface area contributed by atoms with Gasteiger partial charge in [0.2, 0.25) is 0 Å². The van der Waals surface area contributed by atoms with Gasteiger partial charge in [0.25, 0.3) is 0 Å². The molecule has 0 aliphatic carbocycles. The van der Waals surface area contributed by atoms with Gasteiger partial charge in [-0.2, -0.15) is 0 Å². The van der Waals surface area contributed by atoms with E-state index in [1.807, 2.05) is 6.34 Å². The highest BCUT2D eigenvalue weighted by Gasteiger charge is 2.25. The summed E-state index contributed by atoms with van der Waals surface area (Å²) in [5.74, 6) is 1.56. The Morgan fingerprint density at radius 2 is 1.83 bits per heavy atom. The molecular weight excluding hydrogens is 368 g/mol. The van der Waals surface area contributed by atoms with E-state index in [0.717, 1.165) is 23.5 Å². The first-order valence-corrected chi connectivity index (χ1v) is 11.0. The fraction of sp³-hybridized carbons (Fsp3) is 0.538. The summed E-state index contributed by atoms with van der Waals surface area (Å²) in [6, 6.07) is 9.22. The topological polar surface area (TPSA) is 40.0 Å². The average Bonchev–Trinajstić information content (AvgIpc) is 3.05. The molecule has 0 bridgehead atoms. The molecule has 0 fully saturated rings. The molecule has 1 aliphatic rings. The fourth-order valence-corrected chi connectivity index (χ4v) is 2.75. The number of hydrogen-bond acceptors (Lipinski definition) is 3. The molecular formula is C26H42N4. The first-order chi connectivity index (χ1) is 13.9. The fourth-order valence-electron chi connectivity index (χ4n) is 2.75. The van der Waals surface area contributed by atoms with Gasteiger partial charge in [-0.25, -0.2) is 9.98 Å². The van der Waals surface area contributed by atoms with Gasteiger partial charge in [-0.1, -0.05) is 64.1 Å². The first kappa shape index (κ1) is 25.7. The minimum atomic E-state index is 0.159. The summed E-state index contributed by atoms with van der Waals surface area (Å²) in [6.45, 7) is 25.5. The normalized spacial score (nSPS) is 15.9. The molecule has 4 nitrogen and oxygen atoms in total. The Hall–Kier alpha value is -2.36. The third kappa shape index (κ3) is 7.81. The van der Waals surface area contributed by atoms with Crippen molar-refractivity contribution in [1.82, 2.24) is 10.2 Å². The summed E-state index contributed by atoms with van der Waals surface area (Å²) < 4.78 is 0. The number of rotatable bonds is 5. The van der Waals surface area contributed by atoms with Crippen molar-refractivity contribution in [2.75, 3.05) is 0 Å². The predicted octanol–water partition coefficient (Wildman–Crippen LogP) is 6.48. The van der Waals surface area contributed by atoms with Gasteiger partial charge in [0.15, 0.2) is 5.84 Å². The van der Waals surface area contributed by atoms with Gasteiger partial charge in [0.05, 0.1) is 6.34 Å². The third-order valence-electron chi connectivity index (χ3n) is 5.21. The second-order valence-corrected chi connectivity index (χ2v) is 9.55. The molecule has 1 N–H and O–H groups in total. The van der Waals surface area contributed by atoms with Gasteiger partial charge in [-0.3, -0.25) is 0 Å². The quantitative estimate of drug-likeness (QED) is 0.603. The largest absolute Gasteiger partial charge is 0.368 e. The molecule has 1 unspecified atom stereocenters. The van der Waals surface area contributed by atoms with Crippen LogP contribution in [0.1, 0.15) is 73.4 Å². The number of benzene rings is 1. The van der Waals surface area contributed by atoms with E-state index < -0.39 is 0 Å². The minimum Gasteiger partial charge on any atom is -0.368 e. The standard InChI is InChI=1S/C17H30N4.C9H12/c1-11(2)15-16(21(10-18-15)12(3)4)20-14(6)19-13(5)17(7,8)9;1-3-9-6-4-5-8(2)7-9/h10,12-13,19H,6H2,1-5,7-9H3;4-7H,3H2,1-2H3/b20-16+;. The van der Waals surface area contributed by atoms with E-state index in [1.54, 1.807) is 0 Å². The van der Waals surface area contributed by atoms with Crippen LogP contribution in [0.2, 0.25) is 0 Å². The van der Waals surface area contributed by atoms with Crippen LogP contribution in [0.25, 0.3) is 0 Å². The van der Waals surface area contributed by atoms with Crippen molar-refractivity contribution >= 4 is 12.2 Å². The lowest BCUT2D eigenvalue weighted by atomic mass is 9.88. The van der Waals surface area contributed by atoms with Crippen molar-refractivity contribution in [2.45, 2.75) is 87.7 Å². The van der Waals surface area contributed by atoms with E-state index in [9.17, 15) is 0 Å². The van der Waals surface area contributed by atoms with E-state index >= 15 is 0 Å². The molecule has 1 aliphatic heterocycles. The highest BCUT2D eigenvalue weighted by Crippen LogP contribution is 2.22. The molecule has 0 radical (unpaired) electrons. The highest BCUT2D eigenvalue weighted by molar-refractivity contribution is 6.09. The van der Waals surface area contributed by atoms with Gasteiger partial charge < -0.3 is 10.2 Å².